The van der Waals surface area contributed by atoms with Gasteiger partial charge in [0.15, 0.2) is 0 Å². The minimum Gasteiger partial charge on any atom is -0.477 e. The van der Waals surface area contributed by atoms with Gasteiger partial charge in [-0.2, -0.15) is 0 Å². The molecule has 76 valence electrons. The highest BCUT2D eigenvalue weighted by Gasteiger charge is 2.12. The molecule has 0 aromatic carbocycles. The standard InChI is InChI=1S/C9H12N2O3/c1-3-4-7-10-5-6(9(13)14)8(12)11(7)2/h5H,3-4H2,1-2H3,(H,13,14). The molecular weight excluding hydrogens is 184 g/mol. The fraction of sp³-hybridized carbons (Fsp3) is 0.444. The van der Waals surface area contributed by atoms with Gasteiger partial charge < -0.3 is 5.11 Å². The summed E-state index contributed by atoms with van der Waals surface area (Å²) in [5.74, 6) is -0.622. The lowest BCUT2D eigenvalue weighted by Crippen LogP contribution is -2.27. The average Bonchev–Trinajstić information content (AvgIpc) is 2.13. The van der Waals surface area contributed by atoms with E-state index in [2.05, 4.69) is 4.98 Å². The van der Waals surface area contributed by atoms with Gasteiger partial charge in [0.25, 0.3) is 5.56 Å². The van der Waals surface area contributed by atoms with Crippen molar-refractivity contribution in [2.24, 2.45) is 7.05 Å². The van der Waals surface area contributed by atoms with Crippen molar-refractivity contribution in [3.63, 3.8) is 0 Å². The highest BCUT2D eigenvalue weighted by molar-refractivity contribution is 5.86. The number of hydrogen-bond acceptors (Lipinski definition) is 3. The lowest BCUT2D eigenvalue weighted by Gasteiger charge is -2.05. The smallest absolute Gasteiger partial charge is 0.342 e. The zero-order valence-corrected chi connectivity index (χ0v) is 8.15. The predicted octanol–water partition coefficient (Wildman–Crippen LogP) is 0.431. The second-order valence-corrected chi connectivity index (χ2v) is 3.01. The number of carbonyl (C=O) groups is 1. The van der Waals surface area contributed by atoms with Gasteiger partial charge in [-0.15, -0.1) is 0 Å². The molecule has 1 heterocycles. The van der Waals surface area contributed by atoms with Crippen LogP contribution in [0.4, 0.5) is 0 Å². The van der Waals surface area contributed by atoms with E-state index in [9.17, 15) is 9.59 Å². The Labute approximate surface area is 81.0 Å². The monoisotopic (exact) mass is 196 g/mol. The van der Waals surface area contributed by atoms with Crippen LogP contribution in [0.2, 0.25) is 0 Å². The zero-order chi connectivity index (χ0) is 10.7. The molecule has 1 aromatic heterocycles. The van der Waals surface area contributed by atoms with Crippen LogP contribution in [0.5, 0.6) is 0 Å². The van der Waals surface area contributed by atoms with Crippen molar-refractivity contribution in [3.8, 4) is 0 Å². The van der Waals surface area contributed by atoms with Crippen LogP contribution < -0.4 is 5.56 Å². The van der Waals surface area contributed by atoms with Gasteiger partial charge in [-0.3, -0.25) is 9.36 Å². The topological polar surface area (TPSA) is 72.2 Å². The van der Waals surface area contributed by atoms with E-state index < -0.39 is 11.5 Å². The molecule has 5 nitrogen and oxygen atoms in total. The quantitative estimate of drug-likeness (QED) is 0.760. The lowest BCUT2D eigenvalue weighted by molar-refractivity contribution is 0.0693. The summed E-state index contributed by atoms with van der Waals surface area (Å²) in [6.45, 7) is 1.97. The first kappa shape index (κ1) is 10.4. The fourth-order valence-electron chi connectivity index (χ4n) is 1.18. The molecule has 0 unspecified atom stereocenters. The summed E-state index contributed by atoms with van der Waals surface area (Å²) >= 11 is 0. The molecule has 0 fully saturated rings. The van der Waals surface area contributed by atoms with Crippen molar-refractivity contribution >= 4 is 5.97 Å². The van der Waals surface area contributed by atoms with E-state index in [0.29, 0.717) is 12.2 Å². The summed E-state index contributed by atoms with van der Waals surface area (Å²) in [4.78, 5) is 26.0. The number of carboxylic acids is 1. The van der Waals surface area contributed by atoms with Gasteiger partial charge >= 0.3 is 5.97 Å². The molecule has 0 aliphatic rings. The molecule has 0 saturated carbocycles. The molecule has 0 spiro atoms. The number of aryl methyl sites for hydroxylation is 1. The first-order valence-corrected chi connectivity index (χ1v) is 4.36. The van der Waals surface area contributed by atoms with Crippen molar-refractivity contribution < 1.29 is 9.90 Å². The largest absolute Gasteiger partial charge is 0.477 e. The summed E-state index contributed by atoms with van der Waals surface area (Å²) in [5.41, 5.74) is -0.789. The van der Waals surface area contributed by atoms with E-state index in [1.54, 1.807) is 0 Å². The Bertz CT molecular complexity index is 409. The Balaban J connectivity index is 3.26. The maximum absolute atomic E-state index is 11.4. The van der Waals surface area contributed by atoms with Crippen molar-refractivity contribution in [3.05, 3.63) is 27.9 Å². The molecular formula is C9H12N2O3. The summed E-state index contributed by atoms with van der Waals surface area (Å²) < 4.78 is 1.28. The van der Waals surface area contributed by atoms with Crippen molar-refractivity contribution in [1.82, 2.24) is 9.55 Å². The Kier molecular flexibility index (Phi) is 3.01. The van der Waals surface area contributed by atoms with Crippen LogP contribution in [0.1, 0.15) is 29.5 Å². The van der Waals surface area contributed by atoms with Gasteiger partial charge in [0.2, 0.25) is 0 Å². The van der Waals surface area contributed by atoms with E-state index in [4.69, 9.17) is 5.11 Å². The predicted molar refractivity (Wildman–Crippen MR) is 50.4 cm³/mol. The van der Waals surface area contributed by atoms with Gasteiger partial charge in [0, 0.05) is 19.7 Å². The second-order valence-electron chi connectivity index (χ2n) is 3.01. The third-order valence-corrected chi connectivity index (χ3v) is 1.97. The van der Waals surface area contributed by atoms with Crippen LogP contribution >= 0.6 is 0 Å². The first-order chi connectivity index (χ1) is 6.57. The Morgan fingerprint density at radius 1 is 1.64 bits per heavy atom. The molecule has 1 N–H and O–H groups in total. The third kappa shape index (κ3) is 1.81. The van der Waals surface area contributed by atoms with E-state index in [1.165, 1.54) is 11.6 Å². The second kappa shape index (κ2) is 4.04. The van der Waals surface area contributed by atoms with Gasteiger partial charge in [-0.1, -0.05) is 6.92 Å². The number of rotatable bonds is 3. The fourth-order valence-corrected chi connectivity index (χ4v) is 1.18. The van der Waals surface area contributed by atoms with E-state index in [1.807, 2.05) is 6.92 Å². The van der Waals surface area contributed by atoms with Gasteiger partial charge in [-0.25, -0.2) is 9.78 Å². The van der Waals surface area contributed by atoms with Crippen LogP contribution in [0.25, 0.3) is 0 Å². The molecule has 0 radical (unpaired) electrons. The Morgan fingerprint density at radius 3 is 2.79 bits per heavy atom. The van der Waals surface area contributed by atoms with Crippen LogP contribution in [-0.4, -0.2) is 20.6 Å². The molecule has 0 aliphatic carbocycles. The molecule has 14 heavy (non-hydrogen) atoms. The van der Waals surface area contributed by atoms with Gasteiger partial charge in [0.05, 0.1) is 0 Å². The lowest BCUT2D eigenvalue weighted by atomic mass is 10.3. The number of carboxylic acid groups (broad SMARTS) is 1. The number of aromatic carboxylic acids is 1. The first-order valence-electron chi connectivity index (χ1n) is 4.36. The summed E-state index contributed by atoms with van der Waals surface area (Å²) in [7, 11) is 1.53. The summed E-state index contributed by atoms with van der Waals surface area (Å²) in [6, 6.07) is 0. The minimum absolute atomic E-state index is 0.285. The highest BCUT2D eigenvalue weighted by atomic mass is 16.4. The number of aromatic nitrogens is 2. The number of nitrogens with zero attached hydrogens (tertiary/aromatic N) is 2. The Morgan fingerprint density at radius 2 is 2.29 bits per heavy atom. The maximum atomic E-state index is 11.4. The molecule has 5 heteroatoms. The molecule has 0 atom stereocenters. The minimum atomic E-state index is -1.24. The van der Waals surface area contributed by atoms with Crippen LogP contribution in [-0.2, 0) is 13.5 Å². The summed E-state index contributed by atoms with van der Waals surface area (Å²) in [5, 5.41) is 8.66. The highest BCUT2D eigenvalue weighted by Crippen LogP contribution is 1.97. The van der Waals surface area contributed by atoms with Crippen LogP contribution in [0.15, 0.2) is 11.0 Å². The van der Waals surface area contributed by atoms with E-state index in [0.717, 1.165) is 12.6 Å². The normalized spacial score (nSPS) is 10.1. The van der Waals surface area contributed by atoms with Crippen molar-refractivity contribution in [2.45, 2.75) is 19.8 Å². The molecule has 0 bridgehead atoms. The Hall–Kier alpha value is -1.65. The third-order valence-electron chi connectivity index (χ3n) is 1.97. The van der Waals surface area contributed by atoms with Crippen LogP contribution in [0.3, 0.4) is 0 Å². The van der Waals surface area contributed by atoms with E-state index >= 15 is 0 Å². The van der Waals surface area contributed by atoms with Crippen molar-refractivity contribution in [1.29, 1.82) is 0 Å². The average molecular weight is 196 g/mol. The van der Waals surface area contributed by atoms with Crippen molar-refractivity contribution in [2.75, 3.05) is 0 Å². The molecule has 0 saturated heterocycles. The number of hydrogen-bond donors (Lipinski definition) is 1. The maximum Gasteiger partial charge on any atom is 0.342 e. The van der Waals surface area contributed by atoms with Crippen LogP contribution in [0, 0.1) is 0 Å². The van der Waals surface area contributed by atoms with Gasteiger partial charge in [0.1, 0.15) is 11.4 Å². The molecule has 1 rings (SSSR count). The molecule has 0 aliphatic heterocycles. The molecule has 1 aromatic rings. The zero-order valence-electron chi connectivity index (χ0n) is 8.15. The van der Waals surface area contributed by atoms with E-state index in [-0.39, 0.29) is 5.56 Å². The SMILES string of the molecule is CCCc1ncc(C(=O)O)c(=O)n1C. The summed E-state index contributed by atoms with van der Waals surface area (Å²) in [6.07, 6.45) is 2.66. The molecule has 0 amide bonds. The van der Waals surface area contributed by atoms with Gasteiger partial charge in [-0.05, 0) is 6.42 Å².